The topological polar surface area (TPSA) is 39.1 Å². The van der Waals surface area contributed by atoms with Crippen LogP contribution in [0.4, 0.5) is 4.39 Å². The molecule has 0 aliphatic heterocycles. The summed E-state index contributed by atoms with van der Waals surface area (Å²) in [6.07, 6.45) is 3.56. The molecular weight excluding hydrogens is 257 g/mol. The summed E-state index contributed by atoms with van der Waals surface area (Å²) in [6.45, 7) is 5.07. The normalized spacial score (nSPS) is 12.4. The monoisotopic (exact) mass is 277 g/mol. The predicted molar refractivity (Wildman–Crippen MR) is 76.0 cm³/mol. The Morgan fingerprint density at radius 2 is 2.25 bits per heavy atom. The molecule has 0 fully saturated rings. The van der Waals surface area contributed by atoms with Gasteiger partial charge in [-0.1, -0.05) is 13.0 Å². The van der Waals surface area contributed by atoms with Crippen molar-refractivity contribution in [2.24, 2.45) is 7.05 Å². The molecule has 4 nitrogen and oxygen atoms in total. The molecule has 0 aliphatic carbocycles. The van der Waals surface area contributed by atoms with Crippen LogP contribution >= 0.6 is 0 Å². The molecule has 0 radical (unpaired) electrons. The number of ether oxygens (including phenoxy) is 1. The molecule has 1 atom stereocenters. The van der Waals surface area contributed by atoms with E-state index >= 15 is 0 Å². The number of rotatable bonds is 6. The summed E-state index contributed by atoms with van der Waals surface area (Å²) in [6, 6.07) is 4.96. The van der Waals surface area contributed by atoms with Crippen molar-refractivity contribution in [2.45, 2.75) is 26.5 Å². The first-order valence-corrected chi connectivity index (χ1v) is 6.73. The van der Waals surface area contributed by atoms with Gasteiger partial charge in [0.15, 0.2) is 0 Å². The van der Waals surface area contributed by atoms with Crippen LogP contribution in [0, 0.1) is 5.82 Å². The molecule has 0 amide bonds. The number of nitrogens with one attached hydrogen (secondary N) is 1. The third-order valence-electron chi connectivity index (χ3n) is 3.24. The highest BCUT2D eigenvalue weighted by molar-refractivity contribution is 5.30. The number of imidazole rings is 1. The van der Waals surface area contributed by atoms with Crippen LogP contribution in [-0.4, -0.2) is 16.1 Å². The molecule has 1 unspecified atom stereocenters. The van der Waals surface area contributed by atoms with E-state index in [1.165, 1.54) is 6.07 Å². The van der Waals surface area contributed by atoms with E-state index in [4.69, 9.17) is 4.74 Å². The van der Waals surface area contributed by atoms with E-state index in [1.807, 2.05) is 31.7 Å². The summed E-state index contributed by atoms with van der Waals surface area (Å²) in [4.78, 5) is 4.16. The second kappa shape index (κ2) is 6.52. The largest absolute Gasteiger partial charge is 0.486 e. The molecule has 20 heavy (non-hydrogen) atoms. The van der Waals surface area contributed by atoms with Gasteiger partial charge < -0.3 is 14.6 Å². The van der Waals surface area contributed by atoms with Crippen LogP contribution in [0.1, 0.15) is 31.3 Å². The van der Waals surface area contributed by atoms with Gasteiger partial charge in [0.2, 0.25) is 0 Å². The van der Waals surface area contributed by atoms with Crippen LogP contribution in [0.2, 0.25) is 0 Å². The van der Waals surface area contributed by atoms with Gasteiger partial charge in [0, 0.05) is 37.1 Å². The van der Waals surface area contributed by atoms with Crippen LogP contribution in [0.3, 0.4) is 0 Å². The Labute approximate surface area is 118 Å². The zero-order valence-corrected chi connectivity index (χ0v) is 12.1. The van der Waals surface area contributed by atoms with Crippen LogP contribution in [0.5, 0.6) is 5.75 Å². The standard InChI is InChI=1S/C15H20FN3O/c1-4-17-11(2)13-6-5-12(9-14(13)16)20-10-15-18-7-8-19(15)3/h5-9,11,17H,4,10H2,1-3H3. The zero-order chi connectivity index (χ0) is 14.5. The SMILES string of the molecule is CCNC(C)c1ccc(OCc2nccn2C)cc1F. The third-order valence-corrected chi connectivity index (χ3v) is 3.24. The predicted octanol–water partition coefficient (Wildman–Crippen LogP) is 2.81. The van der Waals surface area contributed by atoms with Gasteiger partial charge in [-0.05, 0) is 19.5 Å². The van der Waals surface area contributed by atoms with E-state index in [9.17, 15) is 4.39 Å². The fraction of sp³-hybridized carbons (Fsp3) is 0.400. The number of hydrogen-bond acceptors (Lipinski definition) is 3. The van der Waals surface area contributed by atoms with Gasteiger partial charge in [-0.3, -0.25) is 0 Å². The summed E-state index contributed by atoms with van der Waals surface area (Å²) >= 11 is 0. The molecule has 0 aliphatic rings. The van der Waals surface area contributed by atoms with Crippen molar-refractivity contribution in [1.29, 1.82) is 0 Å². The minimum Gasteiger partial charge on any atom is -0.486 e. The highest BCUT2D eigenvalue weighted by Gasteiger charge is 2.11. The molecule has 1 heterocycles. The summed E-state index contributed by atoms with van der Waals surface area (Å²) in [7, 11) is 1.90. The number of nitrogens with zero attached hydrogens (tertiary/aromatic N) is 2. The first-order valence-electron chi connectivity index (χ1n) is 6.73. The van der Waals surface area contributed by atoms with Crippen molar-refractivity contribution < 1.29 is 9.13 Å². The Morgan fingerprint density at radius 3 is 2.85 bits per heavy atom. The van der Waals surface area contributed by atoms with E-state index in [0.29, 0.717) is 17.9 Å². The fourth-order valence-corrected chi connectivity index (χ4v) is 2.05. The number of benzene rings is 1. The molecule has 0 saturated carbocycles. The van der Waals surface area contributed by atoms with Gasteiger partial charge in [0.05, 0.1) is 0 Å². The van der Waals surface area contributed by atoms with Crippen molar-refractivity contribution in [1.82, 2.24) is 14.9 Å². The summed E-state index contributed by atoms with van der Waals surface area (Å²) in [5, 5.41) is 3.19. The Bertz CT molecular complexity index is 568. The van der Waals surface area contributed by atoms with Gasteiger partial charge in [-0.25, -0.2) is 9.37 Å². The summed E-state index contributed by atoms with van der Waals surface area (Å²) in [5.74, 6) is 1.06. The molecule has 0 saturated heterocycles. The van der Waals surface area contributed by atoms with Crippen LogP contribution in [0.15, 0.2) is 30.6 Å². The minimum absolute atomic E-state index is 0.0106. The van der Waals surface area contributed by atoms with E-state index in [1.54, 1.807) is 18.3 Å². The summed E-state index contributed by atoms with van der Waals surface area (Å²) in [5.41, 5.74) is 0.649. The molecule has 108 valence electrons. The first-order chi connectivity index (χ1) is 9.61. The molecule has 1 aromatic heterocycles. The second-order valence-electron chi connectivity index (χ2n) is 4.71. The van der Waals surface area contributed by atoms with E-state index in [2.05, 4.69) is 10.3 Å². The average molecular weight is 277 g/mol. The van der Waals surface area contributed by atoms with Crippen molar-refractivity contribution in [2.75, 3.05) is 6.54 Å². The highest BCUT2D eigenvalue weighted by Crippen LogP contribution is 2.22. The lowest BCUT2D eigenvalue weighted by Gasteiger charge is -2.14. The number of aromatic nitrogens is 2. The molecule has 1 N–H and O–H groups in total. The average Bonchev–Trinajstić information content (AvgIpc) is 2.82. The smallest absolute Gasteiger partial charge is 0.146 e. The van der Waals surface area contributed by atoms with E-state index in [-0.39, 0.29) is 11.9 Å². The Kier molecular flexibility index (Phi) is 4.74. The molecule has 2 rings (SSSR count). The lowest BCUT2D eigenvalue weighted by atomic mass is 10.1. The maximum Gasteiger partial charge on any atom is 0.146 e. The molecule has 0 spiro atoms. The number of aryl methyl sites for hydroxylation is 1. The van der Waals surface area contributed by atoms with E-state index in [0.717, 1.165) is 12.4 Å². The van der Waals surface area contributed by atoms with Gasteiger partial charge in [0.25, 0.3) is 0 Å². The first kappa shape index (κ1) is 14.5. The molecule has 2 aromatic rings. The second-order valence-corrected chi connectivity index (χ2v) is 4.71. The van der Waals surface area contributed by atoms with Crippen molar-refractivity contribution >= 4 is 0 Å². The molecule has 1 aromatic carbocycles. The van der Waals surface area contributed by atoms with Crippen LogP contribution < -0.4 is 10.1 Å². The van der Waals surface area contributed by atoms with Gasteiger partial charge in [-0.15, -0.1) is 0 Å². The van der Waals surface area contributed by atoms with Gasteiger partial charge in [0.1, 0.15) is 24.0 Å². The van der Waals surface area contributed by atoms with Crippen molar-refractivity contribution in [3.63, 3.8) is 0 Å². The maximum atomic E-state index is 14.0. The van der Waals surface area contributed by atoms with Crippen LogP contribution in [-0.2, 0) is 13.7 Å². The van der Waals surface area contributed by atoms with Gasteiger partial charge >= 0.3 is 0 Å². The van der Waals surface area contributed by atoms with Gasteiger partial charge in [-0.2, -0.15) is 0 Å². The summed E-state index contributed by atoms with van der Waals surface area (Å²) < 4.78 is 21.5. The Morgan fingerprint density at radius 1 is 1.45 bits per heavy atom. The Balaban J connectivity index is 2.03. The minimum atomic E-state index is -0.254. The Hall–Kier alpha value is -1.88. The van der Waals surface area contributed by atoms with E-state index < -0.39 is 0 Å². The third kappa shape index (κ3) is 3.36. The quantitative estimate of drug-likeness (QED) is 0.882. The molecule has 5 heteroatoms. The zero-order valence-electron chi connectivity index (χ0n) is 12.1. The molecular formula is C15H20FN3O. The lowest BCUT2D eigenvalue weighted by molar-refractivity contribution is 0.290. The molecule has 0 bridgehead atoms. The van der Waals surface area contributed by atoms with Crippen molar-refractivity contribution in [3.05, 3.63) is 47.8 Å². The number of halogens is 1. The maximum absolute atomic E-state index is 14.0. The van der Waals surface area contributed by atoms with Crippen LogP contribution in [0.25, 0.3) is 0 Å². The number of hydrogen-bond donors (Lipinski definition) is 1. The fourth-order valence-electron chi connectivity index (χ4n) is 2.05. The van der Waals surface area contributed by atoms with Crippen molar-refractivity contribution in [3.8, 4) is 5.75 Å². The highest BCUT2D eigenvalue weighted by atomic mass is 19.1. The lowest BCUT2D eigenvalue weighted by Crippen LogP contribution is -2.18.